The van der Waals surface area contributed by atoms with Crippen LogP contribution in [0.15, 0.2) is 0 Å². The molecule has 101 valence electrons. The van der Waals surface area contributed by atoms with Crippen LogP contribution >= 0.6 is 0 Å². The minimum absolute atomic E-state index is 0. The van der Waals surface area contributed by atoms with Gasteiger partial charge in [-0.3, -0.25) is 4.55 Å². The molecule has 0 aromatic carbocycles. The number of rotatable bonds is 2. The minimum atomic E-state index is -4.32. The van der Waals surface area contributed by atoms with Gasteiger partial charge >= 0.3 is 0 Å². The summed E-state index contributed by atoms with van der Waals surface area (Å²) in [6.07, 6.45) is 8.19. The Balaban J connectivity index is 0.00000162. The van der Waals surface area contributed by atoms with Crippen molar-refractivity contribution in [2.45, 2.75) is 62.7 Å². The molecule has 0 unspecified atom stereocenters. The van der Waals surface area contributed by atoms with Crippen molar-refractivity contribution in [3.63, 3.8) is 0 Å². The van der Waals surface area contributed by atoms with Gasteiger partial charge in [-0.05, 0) is 37.5 Å². The maximum absolute atomic E-state index is 11.1. The average molecular weight is 285 g/mol. The molecule has 0 aromatic rings. The maximum Gasteiger partial charge on any atom is 0.294 e. The molecule has 0 aromatic heterocycles. The second-order valence-electron chi connectivity index (χ2n) is 5.66. The Labute approximate surface area is 132 Å². The van der Waals surface area contributed by atoms with Crippen molar-refractivity contribution >= 4 is 39.7 Å². The molecule has 2 aliphatic rings. The van der Waals surface area contributed by atoms with Crippen molar-refractivity contribution in [3.8, 4) is 0 Å². The van der Waals surface area contributed by atoms with E-state index >= 15 is 0 Å². The van der Waals surface area contributed by atoms with Crippen LogP contribution in [0.1, 0.15) is 57.8 Å². The van der Waals surface area contributed by atoms with Crippen LogP contribution in [-0.2, 0) is 10.1 Å². The minimum Gasteiger partial charge on any atom is -0.372 e. The summed E-state index contributed by atoms with van der Waals surface area (Å²) in [5, 5.41) is 9.89. The first kappa shape index (κ1) is 16.9. The van der Waals surface area contributed by atoms with E-state index in [4.69, 9.17) is 4.55 Å². The Bertz CT molecular complexity index is 354. The fraction of sp³-hybridized carbons (Fsp3) is 1.00. The van der Waals surface area contributed by atoms with Gasteiger partial charge in [0.2, 0.25) is 0 Å². The largest absolute Gasteiger partial charge is 0.372 e. The first-order chi connectivity index (χ1) is 7.92. The molecule has 0 atom stereocenters. The summed E-state index contributed by atoms with van der Waals surface area (Å²) in [5.41, 5.74) is 0. The Kier molecular flexibility index (Phi) is 6.16. The number of aliphatic hydroxyl groups is 1. The molecular weight excluding hydrogens is 263 g/mol. The third kappa shape index (κ3) is 3.70. The first-order valence-corrected chi connectivity index (χ1v) is 8.06. The van der Waals surface area contributed by atoms with E-state index in [9.17, 15) is 13.5 Å². The molecule has 0 amide bonds. The number of hydrogen-bond donors (Lipinski definition) is 2. The van der Waals surface area contributed by atoms with Gasteiger partial charge in [0.1, 0.15) is 0 Å². The molecule has 1 radical (unpaired) electrons. The molecule has 4 nitrogen and oxygen atoms in total. The average Bonchev–Trinajstić information content (AvgIpc) is 2.30. The van der Waals surface area contributed by atoms with Crippen LogP contribution in [0, 0.1) is 11.8 Å². The van der Waals surface area contributed by atoms with E-state index < -0.39 is 15.1 Å². The molecule has 2 aliphatic carbocycles. The van der Waals surface area contributed by atoms with E-state index in [0.717, 1.165) is 12.8 Å². The van der Waals surface area contributed by atoms with Gasteiger partial charge in [-0.15, -0.1) is 0 Å². The molecule has 0 spiro atoms. The van der Waals surface area contributed by atoms with Crippen molar-refractivity contribution in [1.29, 1.82) is 0 Å². The van der Waals surface area contributed by atoms with Crippen LogP contribution in [0.2, 0.25) is 0 Å². The zero-order valence-electron chi connectivity index (χ0n) is 11.1. The molecule has 0 saturated heterocycles. The predicted octanol–water partition coefficient (Wildman–Crippen LogP) is 1.95. The zero-order chi connectivity index (χ0) is 12.5. The Hall–Kier alpha value is 0.870. The van der Waals surface area contributed by atoms with Gasteiger partial charge < -0.3 is 5.11 Å². The van der Waals surface area contributed by atoms with Crippen molar-refractivity contribution in [2.24, 2.45) is 11.8 Å². The normalized spacial score (nSPS) is 34.9. The molecule has 6 heteroatoms. The summed E-state index contributed by atoms with van der Waals surface area (Å²) < 4.78 is 31.2. The summed E-state index contributed by atoms with van der Waals surface area (Å²) in [6, 6.07) is 0. The van der Waals surface area contributed by atoms with Gasteiger partial charge in [0, 0.05) is 29.6 Å². The standard InChI is InChI=1S/C12H22O4S.Na/c13-12(17(14,15)16)8-6-11(7-9-12)10-4-2-1-3-5-10;/h10-11,13H,1-9H2,(H,14,15,16);. The van der Waals surface area contributed by atoms with Crippen LogP contribution < -0.4 is 0 Å². The second kappa shape index (κ2) is 6.55. The van der Waals surface area contributed by atoms with Gasteiger partial charge in [0.25, 0.3) is 10.1 Å². The number of hydrogen-bond acceptors (Lipinski definition) is 3. The van der Waals surface area contributed by atoms with Gasteiger partial charge in [-0.2, -0.15) is 8.42 Å². The van der Waals surface area contributed by atoms with E-state index in [0.29, 0.717) is 11.8 Å². The third-order valence-corrected chi connectivity index (χ3v) is 5.98. The molecule has 2 fully saturated rings. The van der Waals surface area contributed by atoms with Crippen molar-refractivity contribution < 1.29 is 18.1 Å². The van der Waals surface area contributed by atoms with Crippen LogP contribution in [0.4, 0.5) is 0 Å². The van der Waals surface area contributed by atoms with E-state index in [1.807, 2.05) is 0 Å². The summed E-state index contributed by atoms with van der Waals surface area (Å²) >= 11 is 0. The van der Waals surface area contributed by atoms with Gasteiger partial charge in [0.05, 0.1) is 0 Å². The summed E-state index contributed by atoms with van der Waals surface area (Å²) in [4.78, 5) is -1.88. The van der Waals surface area contributed by atoms with E-state index in [-0.39, 0.29) is 42.4 Å². The molecular formula is C12H22NaO4S. The molecule has 2 rings (SSSR count). The van der Waals surface area contributed by atoms with Crippen LogP contribution in [0.25, 0.3) is 0 Å². The van der Waals surface area contributed by atoms with Gasteiger partial charge in [0.15, 0.2) is 4.93 Å². The summed E-state index contributed by atoms with van der Waals surface area (Å²) in [7, 11) is -4.32. The van der Waals surface area contributed by atoms with E-state index in [2.05, 4.69) is 0 Å². The summed E-state index contributed by atoms with van der Waals surface area (Å²) in [6.45, 7) is 0. The molecule has 18 heavy (non-hydrogen) atoms. The van der Waals surface area contributed by atoms with E-state index in [1.165, 1.54) is 32.1 Å². The van der Waals surface area contributed by atoms with Gasteiger partial charge in [-0.25, -0.2) is 0 Å². The fourth-order valence-electron chi connectivity index (χ4n) is 3.43. The molecule has 2 N–H and O–H groups in total. The topological polar surface area (TPSA) is 74.6 Å². The van der Waals surface area contributed by atoms with Crippen molar-refractivity contribution in [3.05, 3.63) is 0 Å². The van der Waals surface area contributed by atoms with Crippen LogP contribution in [0.3, 0.4) is 0 Å². The first-order valence-electron chi connectivity index (χ1n) is 6.62. The van der Waals surface area contributed by atoms with Crippen molar-refractivity contribution in [2.75, 3.05) is 0 Å². The quantitative estimate of drug-likeness (QED) is 0.601. The molecule has 0 bridgehead atoms. The van der Waals surface area contributed by atoms with Gasteiger partial charge in [-0.1, -0.05) is 32.1 Å². The van der Waals surface area contributed by atoms with Crippen LogP contribution in [-0.4, -0.2) is 52.6 Å². The zero-order valence-corrected chi connectivity index (χ0v) is 14.0. The third-order valence-electron chi connectivity index (χ3n) is 4.61. The van der Waals surface area contributed by atoms with Crippen molar-refractivity contribution in [1.82, 2.24) is 0 Å². The maximum atomic E-state index is 11.1. The Morgan fingerprint density at radius 3 is 1.78 bits per heavy atom. The molecule has 0 aliphatic heterocycles. The Morgan fingerprint density at radius 1 is 0.889 bits per heavy atom. The fourth-order valence-corrected chi connectivity index (χ4v) is 4.18. The second-order valence-corrected chi connectivity index (χ2v) is 7.37. The molecule has 2 saturated carbocycles. The predicted molar refractivity (Wildman–Crippen MR) is 70.8 cm³/mol. The van der Waals surface area contributed by atoms with Crippen LogP contribution in [0.5, 0.6) is 0 Å². The molecule has 0 heterocycles. The van der Waals surface area contributed by atoms with E-state index in [1.54, 1.807) is 0 Å². The monoisotopic (exact) mass is 285 g/mol. The smallest absolute Gasteiger partial charge is 0.294 e. The SMILES string of the molecule is O=S(=O)(O)C1(O)CCC(C2CCCCC2)CC1.[Na]. The summed E-state index contributed by atoms with van der Waals surface area (Å²) in [5.74, 6) is 1.24. The Morgan fingerprint density at radius 2 is 1.33 bits per heavy atom.